The Bertz CT molecular complexity index is 140. The van der Waals surface area contributed by atoms with Crippen LogP contribution in [0.1, 0.15) is 0 Å². The first kappa shape index (κ1) is 7.27. The minimum Gasteiger partial charge on any atom is -0.233 e. The first-order valence-corrected chi connectivity index (χ1v) is 1.53. The lowest BCUT2D eigenvalue weighted by atomic mass is 11.3. The lowest BCUT2D eigenvalue weighted by molar-refractivity contribution is -0.839. The highest BCUT2D eigenvalue weighted by Crippen LogP contribution is 1.83. The van der Waals surface area contributed by atoms with E-state index in [0.29, 0.717) is 0 Å². The van der Waals surface area contributed by atoms with Crippen molar-refractivity contribution in [3.8, 4) is 0 Å². The highest BCUT2D eigenvalue weighted by atomic mass is 17.3. The van der Waals surface area contributed by atoms with Crippen molar-refractivity contribution in [3.05, 3.63) is 15.0 Å². The van der Waals surface area contributed by atoms with E-state index in [0.717, 1.165) is 0 Å². The molecule has 50 valence electrons. The number of rotatable bonds is 2. The number of hydrogen-bond acceptors (Lipinski definition) is 6. The fourth-order valence-electron chi connectivity index (χ4n) is 0.0775. The fourth-order valence-corrected chi connectivity index (χ4v) is 0.0775. The molecule has 0 bridgehead atoms. The zero-order valence-electron chi connectivity index (χ0n) is 3.84. The molecular formula is CN2O6. The van der Waals surface area contributed by atoms with E-state index in [-0.39, 0.29) is 0 Å². The summed E-state index contributed by atoms with van der Waals surface area (Å²) in [6, 6.07) is 0. The average Bonchev–Trinajstić information content (AvgIpc) is 1.83. The van der Waals surface area contributed by atoms with E-state index in [1.165, 1.54) is 0 Å². The van der Waals surface area contributed by atoms with E-state index in [2.05, 4.69) is 9.88 Å². The number of carbonyl (C=O) groups is 1. The van der Waals surface area contributed by atoms with Crippen molar-refractivity contribution >= 4 is 6.09 Å². The van der Waals surface area contributed by atoms with E-state index in [1.807, 2.05) is 0 Å². The molecule has 8 nitrogen and oxygen atoms in total. The van der Waals surface area contributed by atoms with Gasteiger partial charge in [-0.1, -0.05) is 4.99 Å². The van der Waals surface area contributed by atoms with E-state index < -0.39 is 11.2 Å². The second-order valence-corrected chi connectivity index (χ2v) is 0.739. The summed E-state index contributed by atoms with van der Waals surface area (Å²) in [5, 5.41) is 9.40. The van der Waals surface area contributed by atoms with E-state index in [1.54, 1.807) is 5.18 Å². The van der Waals surface area contributed by atoms with Crippen molar-refractivity contribution in [2.24, 2.45) is 5.18 Å². The molecule has 0 aliphatic rings. The largest absolute Gasteiger partial charge is 0.502 e. The molecule has 1 amide bonds. The maximum absolute atomic E-state index is 9.59. The zero-order chi connectivity index (χ0) is 7.28. The first-order valence-electron chi connectivity index (χ1n) is 1.53. The second-order valence-electron chi connectivity index (χ2n) is 0.739. The van der Waals surface area contributed by atoms with Crippen LogP contribution in [0.5, 0.6) is 0 Å². The number of amides is 1. The van der Waals surface area contributed by atoms with Crippen molar-refractivity contribution in [2.45, 2.75) is 0 Å². The van der Waals surface area contributed by atoms with Gasteiger partial charge in [0.15, 0.2) is 0 Å². The first-order chi connectivity index (χ1) is 4.16. The van der Waals surface area contributed by atoms with Crippen LogP contribution in [0.3, 0.4) is 0 Å². The molecule has 9 heavy (non-hydrogen) atoms. The van der Waals surface area contributed by atoms with Crippen LogP contribution in [-0.2, 0) is 9.88 Å². The van der Waals surface area contributed by atoms with Gasteiger partial charge in [0, 0.05) is 0 Å². The van der Waals surface area contributed by atoms with Gasteiger partial charge in [0.2, 0.25) is 0 Å². The Morgan fingerprint density at radius 3 is 2.56 bits per heavy atom. The summed E-state index contributed by atoms with van der Waals surface area (Å²) in [5.41, 5.74) is 0. The molecule has 8 heteroatoms. The maximum Gasteiger partial charge on any atom is 0.502 e. The van der Waals surface area contributed by atoms with Gasteiger partial charge in [-0.15, -0.1) is 15.0 Å². The number of carbonyl (C=O) groups excluding carboxylic acids is 1. The highest BCUT2D eigenvalue weighted by molar-refractivity contribution is 5.66. The van der Waals surface area contributed by atoms with E-state index in [9.17, 15) is 14.9 Å². The Morgan fingerprint density at radius 1 is 1.67 bits per heavy atom. The molecule has 0 rings (SSSR count). The molecule has 0 aromatic carbocycles. The van der Waals surface area contributed by atoms with Crippen molar-refractivity contribution < 1.29 is 19.8 Å². The molecule has 0 aromatic rings. The Kier molecular flexibility index (Phi) is 2.66. The lowest BCUT2D eigenvalue weighted by Crippen LogP contribution is -2.04. The molecule has 0 N–H and O–H groups in total. The fraction of sp³-hybridized carbons (Fsp3) is 0. The summed E-state index contributed by atoms with van der Waals surface area (Å²) in [5.74, 6) is 0. The molecule has 0 unspecified atom stereocenters. The Morgan fingerprint density at radius 2 is 2.22 bits per heavy atom. The Hall–Kier alpha value is -1.73. The third-order valence-corrected chi connectivity index (χ3v) is 0.244. The third-order valence-electron chi connectivity index (χ3n) is 0.244. The van der Waals surface area contributed by atoms with Crippen LogP contribution in [0, 0.1) is 15.0 Å². The molecular weight excluding hydrogens is 136 g/mol. The summed E-state index contributed by atoms with van der Waals surface area (Å²) in [6.45, 7) is 0. The van der Waals surface area contributed by atoms with Crippen LogP contribution in [0.4, 0.5) is 4.79 Å². The van der Waals surface area contributed by atoms with Crippen LogP contribution in [0.2, 0.25) is 0 Å². The summed E-state index contributed by atoms with van der Waals surface area (Å²) in [4.78, 5) is 34.0. The summed E-state index contributed by atoms with van der Waals surface area (Å²) in [7, 11) is 0. The highest BCUT2D eigenvalue weighted by Gasteiger charge is 2.03. The molecule has 0 fully saturated rings. The van der Waals surface area contributed by atoms with Crippen LogP contribution >= 0.6 is 0 Å². The Balaban J connectivity index is 3.39. The molecule has 0 aliphatic heterocycles. The molecule has 0 spiro atoms. The normalized spacial score (nSPS) is 7.56. The van der Waals surface area contributed by atoms with Crippen LogP contribution in [0.25, 0.3) is 0 Å². The summed E-state index contributed by atoms with van der Waals surface area (Å²) >= 11 is 0. The maximum atomic E-state index is 9.59. The van der Waals surface area contributed by atoms with Crippen molar-refractivity contribution in [1.29, 1.82) is 0 Å². The molecule has 0 saturated carbocycles. The predicted octanol–water partition coefficient (Wildman–Crippen LogP) is 0.0127. The van der Waals surface area contributed by atoms with E-state index >= 15 is 0 Å². The van der Waals surface area contributed by atoms with Gasteiger partial charge in [0.1, 0.15) is 0 Å². The van der Waals surface area contributed by atoms with E-state index in [4.69, 9.17) is 4.91 Å². The minimum atomic E-state index is -1.70. The number of nitrogens with zero attached hydrogens (tertiary/aromatic N) is 2. The van der Waals surface area contributed by atoms with Crippen LogP contribution in [0.15, 0.2) is 5.18 Å². The van der Waals surface area contributed by atoms with Gasteiger partial charge in [0.25, 0.3) is 0 Å². The summed E-state index contributed by atoms with van der Waals surface area (Å²) < 4.78 is 0. The predicted molar refractivity (Wildman–Crippen MR) is 20.4 cm³/mol. The number of hydrogen-bond donors (Lipinski definition) is 0. The zero-order valence-corrected chi connectivity index (χ0v) is 3.84. The topological polar surface area (TPSA) is 108 Å². The van der Waals surface area contributed by atoms with Crippen LogP contribution in [-0.4, -0.2) is 11.2 Å². The average molecular weight is 136 g/mol. The monoisotopic (exact) mass is 136 g/mol. The van der Waals surface area contributed by atoms with Crippen molar-refractivity contribution in [3.63, 3.8) is 0 Å². The standard InChI is InChI=1S/CN2O6/c4-1(2-5)8-9-3(6)7. The van der Waals surface area contributed by atoms with Crippen molar-refractivity contribution in [1.82, 2.24) is 0 Å². The van der Waals surface area contributed by atoms with Gasteiger partial charge >= 0.3 is 11.2 Å². The molecule has 0 radical (unpaired) electrons. The molecule has 0 aliphatic carbocycles. The van der Waals surface area contributed by atoms with Crippen LogP contribution < -0.4 is 0 Å². The SMILES string of the molecule is O=NC(=O)OO[N+](=O)[O-]. The molecule has 0 heterocycles. The molecule has 0 atom stereocenters. The van der Waals surface area contributed by atoms with Gasteiger partial charge in [-0.05, 0) is 0 Å². The molecule has 0 aromatic heterocycles. The van der Waals surface area contributed by atoms with Crippen molar-refractivity contribution in [2.75, 3.05) is 0 Å². The third kappa shape index (κ3) is 4.12. The molecule has 0 saturated heterocycles. The quantitative estimate of drug-likeness (QED) is 0.229. The summed E-state index contributed by atoms with van der Waals surface area (Å²) in [6.07, 6.45) is -1.70. The number of nitroso groups, excluding NO2 is 1. The van der Waals surface area contributed by atoms with Gasteiger partial charge < -0.3 is 0 Å². The minimum absolute atomic E-state index is 1.40. The lowest BCUT2D eigenvalue weighted by Gasteiger charge is -1.87. The van der Waals surface area contributed by atoms with Gasteiger partial charge in [0.05, 0.1) is 5.18 Å². The smallest absolute Gasteiger partial charge is 0.233 e. The van der Waals surface area contributed by atoms with Gasteiger partial charge in [-0.2, -0.15) is 0 Å². The second kappa shape index (κ2) is 3.29. The van der Waals surface area contributed by atoms with Gasteiger partial charge in [-0.3, -0.25) is 0 Å². The Labute approximate surface area is 47.4 Å². The van der Waals surface area contributed by atoms with Gasteiger partial charge in [-0.25, -0.2) is 9.68 Å².